The van der Waals surface area contributed by atoms with Crippen LogP contribution < -0.4 is 5.32 Å². The van der Waals surface area contributed by atoms with Crippen LogP contribution in [0.15, 0.2) is 54.3 Å². The normalized spacial score (nSPS) is 23.9. The summed E-state index contributed by atoms with van der Waals surface area (Å²) in [5.41, 5.74) is 4.29. The molecule has 6 heteroatoms. The predicted octanol–water partition coefficient (Wildman–Crippen LogP) is 4.98. The van der Waals surface area contributed by atoms with Gasteiger partial charge in [-0.3, -0.25) is 9.69 Å². The third-order valence-corrected chi connectivity index (χ3v) is 7.07. The van der Waals surface area contributed by atoms with Gasteiger partial charge in [0, 0.05) is 30.8 Å². The van der Waals surface area contributed by atoms with Crippen LogP contribution in [0.4, 0.5) is 10.1 Å². The fourth-order valence-electron chi connectivity index (χ4n) is 5.37. The summed E-state index contributed by atoms with van der Waals surface area (Å²) >= 11 is 0. The van der Waals surface area contributed by atoms with E-state index in [1.54, 1.807) is 6.07 Å². The van der Waals surface area contributed by atoms with E-state index in [1.807, 2.05) is 19.9 Å². The van der Waals surface area contributed by atoms with Gasteiger partial charge in [0.05, 0.1) is 11.3 Å². The molecule has 34 heavy (non-hydrogen) atoms. The second kappa shape index (κ2) is 9.01. The zero-order chi connectivity index (χ0) is 23.9. The van der Waals surface area contributed by atoms with Crippen LogP contribution >= 0.6 is 0 Å². The number of piperidine rings is 1. The molecular formula is C28H31FN2O3. The highest BCUT2D eigenvalue weighted by atomic mass is 19.1. The minimum absolute atomic E-state index is 0.266. The van der Waals surface area contributed by atoms with Gasteiger partial charge in [0.25, 0.3) is 5.91 Å². The summed E-state index contributed by atoms with van der Waals surface area (Å²) in [5.74, 6) is 0.429. The van der Waals surface area contributed by atoms with Crippen molar-refractivity contribution in [3.05, 3.63) is 76.8 Å². The molecule has 2 N–H and O–H groups in total. The Hall–Kier alpha value is -2.96. The quantitative estimate of drug-likeness (QED) is 0.616. The maximum absolute atomic E-state index is 13.6. The summed E-state index contributed by atoms with van der Waals surface area (Å²) in [4.78, 5) is 15.1. The second-order valence-electron chi connectivity index (χ2n) is 10.0. The van der Waals surface area contributed by atoms with Crippen molar-refractivity contribution in [1.82, 2.24) is 4.90 Å². The lowest BCUT2D eigenvalue weighted by Gasteiger charge is -2.32. The van der Waals surface area contributed by atoms with Crippen LogP contribution in [0.1, 0.15) is 49.8 Å². The molecule has 0 bridgehead atoms. The lowest BCUT2D eigenvalue weighted by atomic mass is 9.91. The summed E-state index contributed by atoms with van der Waals surface area (Å²) in [7, 11) is 0. The number of hydrogen-bond donors (Lipinski definition) is 2. The molecule has 1 saturated heterocycles. The van der Waals surface area contributed by atoms with E-state index in [2.05, 4.69) is 34.5 Å². The van der Waals surface area contributed by atoms with Gasteiger partial charge >= 0.3 is 0 Å². The van der Waals surface area contributed by atoms with Crippen LogP contribution in [0.3, 0.4) is 0 Å². The number of fused-ring (bicyclic) bond motifs is 1. The number of aliphatic hydroxyl groups is 1. The van der Waals surface area contributed by atoms with E-state index in [0.29, 0.717) is 28.5 Å². The molecule has 0 aliphatic carbocycles. The standard InChI is InChI=1S/C28H31FN2O3/c1-28(2)23(15-25(34-28)26-22-10-9-21(29)14-24(22)30-27(26)33)20-7-5-19(6-8-20)17-31-12-3-4-18(16-31)11-13-32/h5-10,14-15,18,32H,3-4,11-13,16-17H2,1-2H3,(H,30,33)/b26-25+. The molecule has 2 aromatic rings. The summed E-state index contributed by atoms with van der Waals surface area (Å²) in [6, 6.07) is 12.9. The van der Waals surface area contributed by atoms with Gasteiger partial charge in [-0.05, 0) is 81.0 Å². The molecule has 3 aliphatic rings. The average molecular weight is 463 g/mol. The Bertz CT molecular complexity index is 1160. The molecule has 3 heterocycles. The number of hydrogen-bond acceptors (Lipinski definition) is 4. The average Bonchev–Trinajstić information content (AvgIpc) is 3.29. The van der Waals surface area contributed by atoms with E-state index < -0.39 is 5.60 Å². The summed E-state index contributed by atoms with van der Waals surface area (Å²) in [5, 5.41) is 12.0. The number of benzene rings is 2. The van der Waals surface area contributed by atoms with Crippen molar-refractivity contribution >= 4 is 22.7 Å². The Balaban J connectivity index is 1.38. The zero-order valence-electron chi connectivity index (χ0n) is 19.7. The number of likely N-dealkylation sites (tertiary alicyclic amines) is 1. The molecule has 0 radical (unpaired) electrons. The van der Waals surface area contributed by atoms with Gasteiger partial charge in [-0.15, -0.1) is 0 Å². The van der Waals surface area contributed by atoms with Gasteiger partial charge in [-0.25, -0.2) is 4.39 Å². The van der Waals surface area contributed by atoms with Gasteiger partial charge in [-0.2, -0.15) is 0 Å². The molecule has 3 aliphatic heterocycles. The fourth-order valence-corrected chi connectivity index (χ4v) is 5.37. The van der Waals surface area contributed by atoms with Crippen molar-refractivity contribution in [3.8, 4) is 0 Å². The molecule has 1 atom stereocenters. The van der Waals surface area contributed by atoms with Crippen LogP contribution in [-0.2, 0) is 16.1 Å². The fraction of sp³-hybridized carbons (Fsp3) is 0.393. The Morgan fingerprint density at radius 2 is 2.00 bits per heavy atom. The van der Waals surface area contributed by atoms with Crippen molar-refractivity contribution < 1.29 is 19.0 Å². The first-order valence-electron chi connectivity index (χ1n) is 12.0. The molecule has 1 fully saturated rings. The summed E-state index contributed by atoms with van der Waals surface area (Å²) < 4.78 is 19.9. The minimum atomic E-state index is -0.600. The topological polar surface area (TPSA) is 61.8 Å². The third-order valence-electron chi connectivity index (χ3n) is 7.07. The minimum Gasteiger partial charge on any atom is -0.482 e. The number of carbonyl (C=O) groups excluding carboxylic acids is 1. The van der Waals surface area contributed by atoms with E-state index >= 15 is 0 Å². The van der Waals surface area contributed by atoms with Gasteiger partial charge in [0.2, 0.25) is 0 Å². The lowest BCUT2D eigenvalue weighted by molar-refractivity contribution is -0.111. The van der Waals surface area contributed by atoms with Crippen LogP contribution in [0.25, 0.3) is 11.1 Å². The van der Waals surface area contributed by atoms with Crippen LogP contribution in [0.5, 0.6) is 0 Å². The van der Waals surface area contributed by atoms with Gasteiger partial charge in [0.1, 0.15) is 17.2 Å². The molecule has 0 spiro atoms. The maximum Gasteiger partial charge on any atom is 0.260 e. The number of amides is 1. The smallest absolute Gasteiger partial charge is 0.260 e. The molecular weight excluding hydrogens is 431 g/mol. The third kappa shape index (κ3) is 4.40. The largest absolute Gasteiger partial charge is 0.482 e. The van der Waals surface area contributed by atoms with E-state index in [4.69, 9.17) is 4.74 Å². The molecule has 2 aromatic carbocycles. The number of ether oxygens (including phenoxy) is 1. The zero-order valence-corrected chi connectivity index (χ0v) is 19.7. The van der Waals surface area contributed by atoms with Crippen molar-refractivity contribution in [2.45, 2.75) is 45.3 Å². The Morgan fingerprint density at radius 1 is 1.21 bits per heavy atom. The maximum atomic E-state index is 13.6. The second-order valence-corrected chi connectivity index (χ2v) is 10.0. The van der Waals surface area contributed by atoms with Crippen LogP contribution in [-0.4, -0.2) is 41.2 Å². The van der Waals surface area contributed by atoms with Gasteiger partial charge in [-0.1, -0.05) is 24.3 Å². The van der Waals surface area contributed by atoms with Crippen molar-refractivity contribution in [3.63, 3.8) is 0 Å². The Labute approximate surface area is 199 Å². The molecule has 178 valence electrons. The lowest BCUT2D eigenvalue weighted by Crippen LogP contribution is -2.35. The first kappa shape index (κ1) is 22.8. The number of carbonyl (C=O) groups is 1. The Morgan fingerprint density at radius 3 is 2.76 bits per heavy atom. The van der Waals surface area contributed by atoms with E-state index in [0.717, 1.165) is 37.2 Å². The Kier molecular flexibility index (Phi) is 6.04. The number of nitrogens with zero attached hydrogens (tertiary/aromatic N) is 1. The highest BCUT2D eigenvalue weighted by Crippen LogP contribution is 2.44. The number of rotatable bonds is 5. The number of aliphatic hydroxyl groups excluding tert-OH is 1. The SMILES string of the molecule is CC1(C)O/C(=C2/C(=O)Nc3cc(F)ccc32)C=C1c1ccc(CN2CCCC(CCO)C2)cc1. The summed E-state index contributed by atoms with van der Waals surface area (Å²) in [6.07, 6.45) is 5.21. The van der Waals surface area contributed by atoms with Crippen molar-refractivity contribution in [2.24, 2.45) is 5.92 Å². The van der Waals surface area contributed by atoms with E-state index in [-0.39, 0.29) is 18.3 Å². The number of halogens is 1. The van der Waals surface area contributed by atoms with Crippen molar-refractivity contribution in [1.29, 1.82) is 0 Å². The molecule has 0 saturated carbocycles. The van der Waals surface area contributed by atoms with E-state index in [1.165, 1.54) is 30.5 Å². The van der Waals surface area contributed by atoms with Crippen LogP contribution in [0, 0.1) is 11.7 Å². The first-order chi connectivity index (χ1) is 16.3. The molecule has 5 nitrogen and oxygen atoms in total. The van der Waals surface area contributed by atoms with Crippen LogP contribution in [0.2, 0.25) is 0 Å². The molecule has 1 amide bonds. The molecule has 1 unspecified atom stereocenters. The highest BCUT2D eigenvalue weighted by Gasteiger charge is 2.38. The summed E-state index contributed by atoms with van der Waals surface area (Å²) in [6.45, 7) is 7.30. The first-order valence-corrected chi connectivity index (χ1v) is 12.0. The van der Waals surface area contributed by atoms with Crippen molar-refractivity contribution in [2.75, 3.05) is 25.0 Å². The molecule has 0 aromatic heterocycles. The van der Waals surface area contributed by atoms with E-state index in [9.17, 15) is 14.3 Å². The highest BCUT2D eigenvalue weighted by molar-refractivity contribution is 6.32. The number of anilines is 1. The van der Waals surface area contributed by atoms with Gasteiger partial charge in [0.15, 0.2) is 0 Å². The number of allylic oxidation sites excluding steroid dienone is 1. The predicted molar refractivity (Wildman–Crippen MR) is 131 cm³/mol. The molecule has 5 rings (SSSR count). The van der Waals surface area contributed by atoms with Gasteiger partial charge < -0.3 is 15.2 Å². The monoisotopic (exact) mass is 462 g/mol. The number of nitrogens with one attached hydrogen (secondary N) is 1.